The van der Waals surface area contributed by atoms with Crippen LogP contribution in [0.5, 0.6) is 5.75 Å². The number of nitrogens with one attached hydrogen (secondary N) is 1. The van der Waals surface area contributed by atoms with Crippen LogP contribution < -0.4 is 9.46 Å². The van der Waals surface area contributed by atoms with Crippen molar-refractivity contribution >= 4 is 10.0 Å². The van der Waals surface area contributed by atoms with Gasteiger partial charge in [-0.3, -0.25) is 0 Å². The summed E-state index contributed by atoms with van der Waals surface area (Å²) in [5, 5.41) is 9.09. The fourth-order valence-corrected chi connectivity index (χ4v) is 3.30. The average molecular weight is 316 g/mol. The van der Waals surface area contributed by atoms with Crippen molar-refractivity contribution in [2.24, 2.45) is 0 Å². The minimum Gasteiger partial charge on any atom is -0.495 e. The number of ether oxygens (including phenoxy) is 1. The molecule has 0 aliphatic rings. The van der Waals surface area contributed by atoms with Crippen LogP contribution >= 0.6 is 0 Å². The van der Waals surface area contributed by atoms with Gasteiger partial charge in [0.25, 0.3) is 0 Å². The third kappa shape index (κ3) is 5.28. The summed E-state index contributed by atoms with van der Waals surface area (Å²) in [4.78, 5) is 2.08. The first-order valence-electron chi connectivity index (χ1n) is 6.75. The Morgan fingerprint density at radius 3 is 2.57 bits per heavy atom. The Morgan fingerprint density at radius 1 is 1.38 bits per heavy atom. The van der Waals surface area contributed by atoms with Crippen molar-refractivity contribution in [2.45, 2.75) is 30.9 Å². The largest absolute Gasteiger partial charge is 0.495 e. The van der Waals surface area contributed by atoms with E-state index in [-0.39, 0.29) is 23.3 Å². The number of hydrogen-bond acceptors (Lipinski definition) is 5. The number of nitrogens with zero attached hydrogens (tertiary/aromatic N) is 1. The Labute approximate surface area is 126 Å². The highest BCUT2D eigenvalue weighted by Gasteiger charge is 2.21. The molecule has 0 aromatic heterocycles. The van der Waals surface area contributed by atoms with E-state index in [0.29, 0.717) is 12.0 Å². The topological polar surface area (TPSA) is 78.9 Å². The zero-order valence-corrected chi connectivity index (χ0v) is 13.8. The number of sulfonamides is 1. The molecule has 21 heavy (non-hydrogen) atoms. The molecule has 0 heterocycles. The first kappa shape index (κ1) is 17.9. The summed E-state index contributed by atoms with van der Waals surface area (Å²) in [5.74, 6) is 0.230. The van der Waals surface area contributed by atoms with Gasteiger partial charge in [0.1, 0.15) is 10.6 Å². The Morgan fingerprint density at radius 2 is 2.05 bits per heavy atom. The lowest BCUT2D eigenvalue weighted by atomic mass is 10.2. The highest BCUT2D eigenvalue weighted by Crippen LogP contribution is 2.25. The van der Waals surface area contributed by atoms with Crippen LogP contribution in [-0.4, -0.2) is 52.2 Å². The zero-order valence-electron chi connectivity index (χ0n) is 13.0. The fourth-order valence-electron chi connectivity index (χ4n) is 1.87. The number of aliphatic hydroxyl groups is 1. The molecule has 0 saturated carbocycles. The lowest BCUT2D eigenvalue weighted by Gasteiger charge is -2.18. The number of benzene rings is 1. The van der Waals surface area contributed by atoms with Crippen LogP contribution in [0.1, 0.15) is 18.9 Å². The summed E-state index contributed by atoms with van der Waals surface area (Å²) >= 11 is 0. The van der Waals surface area contributed by atoms with Gasteiger partial charge in [-0.15, -0.1) is 0 Å². The summed E-state index contributed by atoms with van der Waals surface area (Å²) in [6.07, 6.45) is 0.712. The first-order chi connectivity index (χ1) is 9.80. The van der Waals surface area contributed by atoms with Crippen molar-refractivity contribution in [3.05, 3.63) is 23.8 Å². The number of aliphatic hydroxyl groups excluding tert-OH is 1. The van der Waals surface area contributed by atoms with Gasteiger partial charge < -0.3 is 14.7 Å². The molecule has 0 bridgehead atoms. The number of rotatable bonds is 8. The van der Waals surface area contributed by atoms with E-state index in [9.17, 15) is 8.42 Å². The predicted molar refractivity (Wildman–Crippen MR) is 81.9 cm³/mol. The smallest absolute Gasteiger partial charge is 0.244 e. The van der Waals surface area contributed by atoms with Crippen LogP contribution in [0.3, 0.4) is 0 Å². The lowest BCUT2D eigenvalue weighted by Crippen LogP contribution is -2.35. The quantitative estimate of drug-likeness (QED) is 0.742. The Kier molecular flexibility index (Phi) is 6.60. The minimum absolute atomic E-state index is 0.0823. The second-order valence-electron chi connectivity index (χ2n) is 5.26. The molecule has 120 valence electrons. The van der Waals surface area contributed by atoms with Crippen molar-refractivity contribution in [3.63, 3.8) is 0 Å². The average Bonchev–Trinajstić information content (AvgIpc) is 2.43. The van der Waals surface area contributed by atoms with E-state index in [0.717, 1.165) is 6.54 Å². The van der Waals surface area contributed by atoms with Crippen molar-refractivity contribution in [2.75, 3.05) is 27.7 Å². The molecule has 1 aromatic carbocycles. The lowest BCUT2D eigenvalue weighted by molar-refractivity contribution is 0.280. The van der Waals surface area contributed by atoms with Gasteiger partial charge in [-0.05, 0) is 51.7 Å². The zero-order chi connectivity index (χ0) is 16.0. The Balaban J connectivity index is 2.92. The molecule has 0 fully saturated rings. The molecule has 1 rings (SSSR count). The van der Waals surface area contributed by atoms with Gasteiger partial charge in [-0.1, -0.05) is 6.07 Å². The van der Waals surface area contributed by atoms with Crippen LogP contribution in [0.15, 0.2) is 23.1 Å². The Bertz CT molecular complexity index is 558. The van der Waals surface area contributed by atoms with Crippen molar-refractivity contribution in [3.8, 4) is 5.75 Å². The van der Waals surface area contributed by atoms with Gasteiger partial charge in [-0.25, -0.2) is 13.1 Å². The second-order valence-corrected chi connectivity index (χ2v) is 6.94. The van der Waals surface area contributed by atoms with E-state index in [4.69, 9.17) is 9.84 Å². The molecule has 0 amide bonds. The van der Waals surface area contributed by atoms with Crippen LogP contribution in [0.2, 0.25) is 0 Å². The van der Waals surface area contributed by atoms with Gasteiger partial charge in [0.05, 0.1) is 13.7 Å². The van der Waals surface area contributed by atoms with Crippen LogP contribution in [0, 0.1) is 0 Å². The van der Waals surface area contributed by atoms with E-state index < -0.39 is 10.0 Å². The van der Waals surface area contributed by atoms with Crippen LogP contribution in [0.25, 0.3) is 0 Å². The normalized spacial score (nSPS) is 13.4. The van der Waals surface area contributed by atoms with Gasteiger partial charge in [0.15, 0.2) is 0 Å². The second kappa shape index (κ2) is 7.74. The number of hydrogen-bond donors (Lipinski definition) is 2. The minimum atomic E-state index is -3.65. The number of methoxy groups -OCH3 is 1. The molecule has 0 spiro atoms. The van der Waals surface area contributed by atoms with Crippen molar-refractivity contribution in [1.82, 2.24) is 9.62 Å². The van der Waals surface area contributed by atoms with Crippen LogP contribution in [-0.2, 0) is 16.6 Å². The molecule has 0 aliphatic carbocycles. The van der Waals surface area contributed by atoms with E-state index in [2.05, 4.69) is 4.72 Å². The van der Waals surface area contributed by atoms with E-state index in [1.165, 1.54) is 19.2 Å². The molecule has 0 aliphatic heterocycles. The summed E-state index contributed by atoms with van der Waals surface area (Å²) in [6, 6.07) is 4.37. The fraction of sp³-hybridized carbons (Fsp3) is 0.571. The van der Waals surface area contributed by atoms with Gasteiger partial charge in [0.2, 0.25) is 10.0 Å². The third-order valence-electron chi connectivity index (χ3n) is 3.07. The highest BCUT2D eigenvalue weighted by molar-refractivity contribution is 7.89. The maximum atomic E-state index is 12.4. The summed E-state index contributed by atoms with van der Waals surface area (Å²) in [6.45, 7) is 2.46. The van der Waals surface area contributed by atoms with Gasteiger partial charge in [-0.2, -0.15) is 0 Å². The summed E-state index contributed by atoms with van der Waals surface area (Å²) in [7, 11) is 1.64. The first-order valence-corrected chi connectivity index (χ1v) is 8.23. The maximum Gasteiger partial charge on any atom is 0.244 e. The molecule has 7 heteroatoms. The standard InChI is InChI=1S/C14H24N2O4S/c1-11(7-8-16(2)3)15-21(18,19)14-6-5-12(10-17)9-13(14)20-4/h5-6,9,11,15,17H,7-8,10H2,1-4H3. The van der Waals surface area contributed by atoms with E-state index in [1.807, 2.05) is 25.9 Å². The predicted octanol–water partition coefficient (Wildman–Crippen LogP) is 0.806. The molecule has 6 nitrogen and oxygen atoms in total. The molecule has 0 radical (unpaired) electrons. The van der Waals surface area contributed by atoms with E-state index >= 15 is 0 Å². The molecular weight excluding hydrogens is 292 g/mol. The van der Waals surface area contributed by atoms with Gasteiger partial charge in [0, 0.05) is 6.04 Å². The molecular formula is C14H24N2O4S. The van der Waals surface area contributed by atoms with Crippen molar-refractivity contribution in [1.29, 1.82) is 0 Å². The van der Waals surface area contributed by atoms with Gasteiger partial charge >= 0.3 is 0 Å². The SMILES string of the molecule is COc1cc(CO)ccc1S(=O)(=O)NC(C)CCN(C)C. The molecule has 0 saturated heterocycles. The third-order valence-corrected chi connectivity index (χ3v) is 4.69. The molecule has 1 atom stereocenters. The van der Waals surface area contributed by atoms with Crippen LogP contribution in [0.4, 0.5) is 0 Å². The molecule has 1 aromatic rings. The summed E-state index contributed by atoms with van der Waals surface area (Å²) < 4.78 is 32.6. The Hall–Kier alpha value is -1.15. The molecule has 1 unspecified atom stereocenters. The highest BCUT2D eigenvalue weighted by atomic mass is 32.2. The monoisotopic (exact) mass is 316 g/mol. The summed E-state index contributed by atoms with van der Waals surface area (Å²) in [5.41, 5.74) is 0.603. The van der Waals surface area contributed by atoms with Crippen molar-refractivity contribution < 1.29 is 18.3 Å². The van der Waals surface area contributed by atoms with E-state index in [1.54, 1.807) is 6.07 Å². The maximum absolute atomic E-state index is 12.4. The molecule has 2 N–H and O–H groups in total.